The van der Waals surface area contributed by atoms with E-state index in [1.807, 2.05) is 0 Å². The SMILES string of the molecule is Brc1ccc2cc[n]([Tl])c2c1. The van der Waals surface area contributed by atoms with Gasteiger partial charge in [0.25, 0.3) is 0 Å². The van der Waals surface area contributed by atoms with Crippen LogP contribution in [0.3, 0.4) is 0 Å². The van der Waals surface area contributed by atoms with Crippen LogP contribution in [0.2, 0.25) is 0 Å². The summed E-state index contributed by atoms with van der Waals surface area (Å²) in [6.07, 6.45) is 2.14. The van der Waals surface area contributed by atoms with Gasteiger partial charge in [0, 0.05) is 0 Å². The molecule has 0 radical (unpaired) electrons. The Balaban J connectivity index is 2.87. The van der Waals surface area contributed by atoms with E-state index in [-0.39, 0.29) is 0 Å². The Labute approximate surface area is 89.6 Å². The first-order valence-electron chi connectivity index (χ1n) is 3.29. The maximum absolute atomic E-state index is 3.46. The Hall–Kier alpha value is 0.162. The first-order valence-corrected chi connectivity index (χ1v) is 6.09. The molecule has 11 heavy (non-hydrogen) atoms. The zero-order valence-corrected chi connectivity index (χ0v) is 11.9. The van der Waals surface area contributed by atoms with Gasteiger partial charge in [-0.15, -0.1) is 0 Å². The topological polar surface area (TPSA) is 4.93 Å². The molecule has 0 saturated carbocycles. The summed E-state index contributed by atoms with van der Waals surface area (Å²) in [5, 5.41) is 1.33. The number of nitrogens with zero attached hydrogens (tertiary/aromatic N) is 1. The summed E-state index contributed by atoms with van der Waals surface area (Å²) in [6, 6.07) is 8.53. The van der Waals surface area contributed by atoms with Crippen LogP contribution in [0.5, 0.6) is 0 Å². The Morgan fingerprint density at radius 3 is 2.91 bits per heavy atom. The number of aromatic nitrogens is 1. The van der Waals surface area contributed by atoms with Crippen LogP contribution in [0, 0.1) is 0 Å². The second kappa shape index (κ2) is 2.90. The van der Waals surface area contributed by atoms with Gasteiger partial charge in [0.1, 0.15) is 0 Å². The molecule has 1 nitrogen and oxygen atoms in total. The predicted molar refractivity (Wildman–Crippen MR) is 50.8 cm³/mol. The molecule has 0 bridgehead atoms. The van der Waals surface area contributed by atoms with Crippen molar-refractivity contribution in [2.24, 2.45) is 0 Å². The third-order valence-corrected chi connectivity index (χ3v) is 3.93. The fourth-order valence-electron chi connectivity index (χ4n) is 1.12. The summed E-state index contributed by atoms with van der Waals surface area (Å²) in [7, 11) is 0. The molecular formula is C8H5BrNTl. The van der Waals surface area contributed by atoms with Crippen molar-refractivity contribution in [2.45, 2.75) is 0 Å². The third kappa shape index (κ3) is 1.38. The molecule has 0 unspecified atom stereocenters. The van der Waals surface area contributed by atoms with Crippen LogP contribution >= 0.6 is 15.9 Å². The van der Waals surface area contributed by atoms with E-state index in [1.165, 1.54) is 10.9 Å². The van der Waals surface area contributed by atoms with Crippen molar-refractivity contribution in [2.75, 3.05) is 0 Å². The van der Waals surface area contributed by atoms with Crippen molar-refractivity contribution < 1.29 is 0 Å². The van der Waals surface area contributed by atoms with Crippen molar-refractivity contribution in [3.8, 4) is 0 Å². The van der Waals surface area contributed by atoms with Crippen LogP contribution in [0.15, 0.2) is 34.9 Å². The first-order chi connectivity index (χ1) is 5.27. The number of halogens is 1. The molecule has 0 aliphatic heterocycles. The first kappa shape index (κ1) is 7.79. The number of fused-ring (bicyclic) bond motifs is 1. The fourth-order valence-corrected chi connectivity index (χ4v) is 2.68. The van der Waals surface area contributed by atoms with Gasteiger partial charge in [0.15, 0.2) is 0 Å². The number of hydrogen-bond donors (Lipinski definition) is 0. The molecular weight excluding hydrogens is 394 g/mol. The Bertz CT molecular complexity index is 394. The fraction of sp³-hybridized carbons (Fsp3) is 0. The second-order valence-corrected chi connectivity index (χ2v) is 5.50. The molecule has 0 amide bonds. The zero-order chi connectivity index (χ0) is 7.84. The normalized spacial score (nSPS) is 10.5. The molecule has 2 aromatic rings. The van der Waals surface area contributed by atoms with Crippen LogP contribution in [0.25, 0.3) is 10.9 Å². The summed E-state index contributed by atoms with van der Waals surface area (Å²) >= 11 is 4.31. The van der Waals surface area contributed by atoms with Crippen LogP contribution in [-0.4, -0.2) is 28.4 Å². The zero-order valence-electron chi connectivity index (χ0n) is 5.79. The molecule has 0 N–H and O–H groups in total. The summed E-state index contributed by atoms with van der Waals surface area (Å²) in [4.78, 5) is 0. The van der Waals surface area contributed by atoms with Gasteiger partial charge < -0.3 is 0 Å². The third-order valence-electron chi connectivity index (χ3n) is 1.69. The molecule has 1 heterocycles. The van der Waals surface area contributed by atoms with Crippen LogP contribution in [-0.2, 0) is 0 Å². The molecule has 0 aliphatic carbocycles. The monoisotopic (exact) mass is 399 g/mol. The standard InChI is InChI=1S/C8H5BrN.Tl/c9-7-2-1-6-3-4-10-8(6)5-7;/h1-5H;/q-1;+1. The van der Waals surface area contributed by atoms with Gasteiger partial charge in [-0.25, -0.2) is 0 Å². The van der Waals surface area contributed by atoms with E-state index in [0.29, 0.717) is 0 Å². The van der Waals surface area contributed by atoms with Gasteiger partial charge in [-0.2, -0.15) is 0 Å². The molecule has 0 fully saturated rings. The van der Waals surface area contributed by atoms with E-state index in [9.17, 15) is 0 Å². The van der Waals surface area contributed by atoms with E-state index < -0.39 is 0 Å². The van der Waals surface area contributed by atoms with Gasteiger partial charge in [0.05, 0.1) is 0 Å². The second-order valence-electron chi connectivity index (χ2n) is 2.43. The Kier molecular flexibility index (Phi) is 2.05. The minimum atomic E-state index is 0.854. The van der Waals surface area contributed by atoms with E-state index in [4.69, 9.17) is 0 Å². The van der Waals surface area contributed by atoms with Crippen molar-refractivity contribution in [3.63, 3.8) is 0 Å². The average Bonchev–Trinajstić information content (AvgIpc) is 2.33. The molecule has 52 valence electrons. The summed E-state index contributed by atoms with van der Waals surface area (Å²) in [5.41, 5.74) is 1.34. The van der Waals surface area contributed by atoms with E-state index in [1.54, 1.807) is 0 Å². The number of hydrogen-bond acceptors (Lipinski definition) is 0. The van der Waals surface area contributed by atoms with Crippen molar-refractivity contribution >= 4 is 52.9 Å². The Morgan fingerprint density at radius 1 is 1.27 bits per heavy atom. The van der Waals surface area contributed by atoms with Crippen molar-refractivity contribution in [1.29, 1.82) is 0 Å². The summed E-state index contributed by atoms with van der Waals surface area (Å²) in [6.45, 7) is 0. The molecule has 3 heteroatoms. The quantitative estimate of drug-likeness (QED) is 0.600. The molecule has 1 aromatic heterocycles. The van der Waals surface area contributed by atoms with E-state index in [0.717, 1.165) is 30.5 Å². The minimum absolute atomic E-state index is 0.854. The van der Waals surface area contributed by atoms with Crippen LogP contribution in [0.4, 0.5) is 0 Å². The van der Waals surface area contributed by atoms with Gasteiger partial charge in [0.2, 0.25) is 0 Å². The number of benzene rings is 1. The van der Waals surface area contributed by atoms with Gasteiger partial charge in [-0.1, -0.05) is 0 Å². The summed E-state index contributed by atoms with van der Waals surface area (Å²) < 4.78 is 3.44. The van der Waals surface area contributed by atoms with E-state index in [2.05, 4.69) is 48.8 Å². The Morgan fingerprint density at radius 2 is 2.09 bits per heavy atom. The van der Waals surface area contributed by atoms with E-state index >= 15 is 0 Å². The van der Waals surface area contributed by atoms with Gasteiger partial charge in [-0.05, 0) is 0 Å². The molecule has 2 rings (SSSR count). The maximum atomic E-state index is 3.46. The van der Waals surface area contributed by atoms with Crippen LogP contribution in [0.1, 0.15) is 0 Å². The molecule has 0 atom stereocenters. The molecule has 0 saturated heterocycles. The van der Waals surface area contributed by atoms with Crippen molar-refractivity contribution in [3.05, 3.63) is 34.9 Å². The predicted octanol–water partition coefficient (Wildman–Crippen LogP) is 2.34. The molecule has 0 aliphatic rings. The number of rotatable bonds is 0. The van der Waals surface area contributed by atoms with Crippen molar-refractivity contribution in [1.82, 2.24) is 2.38 Å². The molecule has 0 spiro atoms. The summed E-state index contributed by atoms with van der Waals surface area (Å²) in [5.74, 6) is 0. The van der Waals surface area contributed by atoms with Crippen LogP contribution < -0.4 is 0 Å². The van der Waals surface area contributed by atoms with Gasteiger partial charge >= 0.3 is 90.2 Å². The average molecular weight is 399 g/mol. The molecule has 1 aromatic carbocycles. The van der Waals surface area contributed by atoms with Gasteiger partial charge in [-0.3, -0.25) is 0 Å².